The zero-order valence-corrected chi connectivity index (χ0v) is 10.5. The van der Waals surface area contributed by atoms with E-state index in [9.17, 15) is 4.79 Å². The highest BCUT2D eigenvalue weighted by atomic mass is 16.4. The molecule has 0 aliphatic rings. The molecule has 0 aliphatic heterocycles. The first-order chi connectivity index (χ1) is 7.99. The second-order valence-corrected chi connectivity index (χ2v) is 5.12. The monoisotopic (exact) mass is 239 g/mol. The van der Waals surface area contributed by atoms with Crippen LogP contribution in [0.3, 0.4) is 0 Å². The lowest BCUT2D eigenvalue weighted by Crippen LogP contribution is -2.22. The van der Waals surface area contributed by atoms with Crippen molar-refractivity contribution in [2.24, 2.45) is 5.41 Å². The Morgan fingerprint density at radius 1 is 1.47 bits per heavy atom. The number of rotatable bonds is 8. The molecule has 1 aromatic rings. The first-order valence-electron chi connectivity index (χ1n) is 5.93. The van der Waals surface area contributed by atoms with Gasteiger partial charge in [-0.25, -0.2) is 0 Å². The Kier molecular flexibility index (Phi) is 5.22. The molecule has 4 heteroatoms. The van der Waals surface area contributed by atoms with Crippen LogP contribution in [0.5, 0.6) is 0 Å². The van der Waals surface area contributed by atoms with E-state index in [1.165, 1.54) is 0 Å². The highest BCUT2D eigenvalue weighted by Crippen LogP contribution is 2.25. The van der Waals surface area contributed by atoms with Gasteiger partial charge in [-0.15, -0.1) is 0 Å². The van der Waals surface area contributed by atoms with Crippen molar-refractivity contribution in [1.29, 1.82) is 0 Å². The first-order valence-corrected chi connectivity index (χ1v) is 5.93. The van der Waals surface area contributed by atoms with Crippen molar-refractivity contribution < 1.29 is 14.3 Å². The Hall–Kier alpha value is -1.29. The van der Waals surface area contributed by atoms with E-state index in [2.05, 4.69) is 19.2 Å². The maximum Gasteiger partial charge on any atom is 0.303 e. The number of hydrogen-bond donors (Lipinski definition) is 2. The Morgan fingerprint density at radius 2 is 2.24 bits per heavy atom. The van der Waals surface area contributed by atoms with Gasteiger partial charge >= 0.3 is 5.97 Å². The molecule has 1 aromatic heterocycles. The maximum absolute atomic E-state index is 10.5. The Labute approximate surface area is 102 Å². The van der Waals surface area contributed by atoms with E-state index < -0.39 is 5.97 Å². The van der Waals surface area contributed by atoms with Gasteiger partial charge in [-0.3, -0.25) is 4.79 Å². The average Bonchev–Trinajstić information content (AvgIpc) is 2.75. The molecule has 0 atom stereocenters. The largest absolute Gasteiger partial charge is 0.481 e. The summed E-state index contributed by atoms with van der Waals surface area (Å²) in [6.45, 7) is 5.90. The third-order valence-corrected chi connectivity index (χ3v) is 2.90. The van der Waals surface area contributed by atoms with Gasteiger partial charge in [0.05, 0.1) is 12.5 Å². The van der Waals surface area contributed by atoms with Crippen molar-refractivity contribution in [2.75, 3.05) is 6.54 Å². The number of aliphatic carboxylic acids is 1. The van der Waals surface area contributed by atoms with Gasteiger partial charge < -0.3 is 14.8 Å². The summed E-state index contributed by atoms with van der Waals surface area (Å²) >= 11 is 0. The summed E-state index contributed by atoms with van der Waals surface area (Å²) < 4.78 is 4.97. The molecule has 1 heterocycles. The molecule has 0 spiro atoms. The van der Waals surface area contributed by atoms with Crippen molar-refractivity contribution in [3.63, 3.8) is 0 Å². The van der Waals surface area contributed by atoms with Crippen LogP contribution in [0.15, 0.2) is 23.0 Å². The fourth-order valence-electron chi connectivity index (χ4n) is 1.62. The molecule has 0 bridgehead atoms. The van der Waals surface area contributed by atoms with Crippen molar-refractivity contribution in [1.82, 2.24) is 5.32 Å². The summed E-state index contributed by atoms with van der Waals surface area (Å²) in [5.74, 6) is -0.718. The minimum atomic E-state index is -0.718. The average molecular weight is 239 g/mol. The number of carboxylic acid groups (broad SMARTS) is 1. The molecule has 0 aliphatic carbocycles. The van der Waals surface area contributed by atoms with Gasteiger partial charge in [-0.2, -0.15) is 0 Å². The number of nitrogens with one attached hydrogen (secondary N) is 1. The van der Waals surface area contributed by atoms with Crippen LogP contribution in [-0.2, 0) is 11.3 Å². The molecular weight excluding hydrogens is 218 g/mol. The van der Waals surface area contributed by atoms with E-state index in [1.54, 1.807) is 12.5 Å². The fraction of sp³-hybridized carbons (Fsp3) is 0.615. The highest BCUT2D eigenvalue weighted by molar-refractivity contribution is 5.66. The van der Waals surface area contributed by atoms with Crippen molar-refractivity contribution in [3.8, 4) is 0 Å². The molecule has 0 fully saturated rings. The minimum Gasteiger partial charge on any atom is -0.481 e. The molecule has 1 rings (SSSR count). The lowest BCUT2D eigenvalue weighted by molar-refractivity contribution is -0.137. The van der Waals surface area contributed by atoms with Crippen LogP contribution in [0.4, 0.5) is 0 Å². The van der Waals surface area contributed by atoms with Gasteiger partial charge in [-0.05, 0) is 30.9 Å². The molecule has 2 N–H and O–H groups in total. The molecule has 4 nitrogen and oxygen atoms in total. The molecule has 0 aromatic carbocycles. The first kappa shape index (κ1) is 13.8. The van der Waals surface area contributed by atoms with Crippen molar-refractivity contribution in [2.45, 2.75) is 39.7 Å². The van der Waals surface area contributed by atoms with Crippen LogP contribution in [0.2, 0.25) is 0 Å². The van der Waals surface area contributed by atoms with Gasteiger partial charge in [0.15, 0.2) is 0 Å². The number of carboxylic acids is 1. The summed E-state index contributed by atoms with van der Waals surface area (Å²) in [6, 6.07) is 1.93. The Morgan fingerprint density at radius 3 is 2.82 bits per heavy atom. The molecule has 0 saturated carbocycles. The van der Waals surface area contributed by atoms with Crippen LogP contribution in [0, 0.1) is 5.41 Å². The number of furan rings is 1. The summed E-state index contributed by atoms with van der Waals surface area (Å²) in [4.78, 5) is 10.5. The van der Waals surface area contributed by atoms with Crippen LogP contribution < -0.4 is 5.32 Å². The molecule has 96 valence electrons. The van der Waals surface area contributed by atoms with E-state index in [0.717, 1.165) is 31.5 Å². The van der Waals surface area contributed by atoms with Crippen LogP contribution >= 0.6 is 0 Å². The van der Waals surface area contributed by atoms with Gasteiger partial charge in [0.25, 0.3) is 0 Å². The maximum atomic E-state index is 10.5. The number of hydrogen-bond acceptors (Lipinski definition) is 3. The predicted octanol–water partition coefficient (Wildman–Crippen LogP) is 2.65. The molecule has 17 heavy (non-hydrogen) atoms. The summed E-state index contributed by atoms with van der Waals surface area (Å²) in [5.41, 5.74) is 1.20. The molecule has 0 unspecified atom stereocenters. The SMILES string of the molecule is CC(C)(CCNCc1ccoc1)CCC(=O)O. The fourth-order valence-corrected chi connectivity index (χ4v) is 1.62. The second kappa shape index (κ2) is 6.45. The van der Waals surface area contributed by atoms with Crippen molar-refractivity contribution in [3.05, 3.63) is 24.2 Å². The Balaban J connectivity index is 2.14. The summed E-state index contributed by atoms with van der Waals surface area (Å²) in [5, 5.41) is 12.0. The molecule has 0 radical (unpaired) electrons. The van der Waals surface area contributed by atoms with Crippen molar-refractivity contribution >= 4 is 5.97 Å². The zero-order valence-electron chi connectivity index (χ0n) is 10.5. The third kappa shape index (κ3) is 6.12. The lowest BCUT2D eigenvalue weighted by atomic mass is 9.84. The van der Waals surface area contributed by atoms with Gasteiger partial charge in [0.1, 0.15) is 0 Å². The van der Waals surface area contributed by atoms with Crippen LogP contribution in [-0.4, -0.2) is 17.6 Å². The Bertz CT molecular complexity index is 330. The van der Waals surface area contributed by atoms with E-state index in [-0.39, 0.29) is 11.8 Å². The second-order valence-electron chi connectivity index (χ2n) is 5.12. The van der Waals surface area contributed by atoms with Crippen LogP contribution in [0.1, 0.15) is 38.7 Å². The quantitative estimate of drug-likeness (QED) is 0.685. The molecule has 0 amide bonds. The predicted molar refractivity (Wildman–Crippen MR) is 65.7 cm³/mol. The lowest BCUT2D eigenvalue weighted by Gasteiger charge is -2.23. The van der Waals surface area contributed by atoms with Crippen LogP contribution in [0.25, 0.3) is 0 Å². The number of carbonyl (C=O) groups is 1. The highest BCUT2D eigenvalue weighted by Gasteiger charge is 2.18. The van der Waals surface area contributed by atoms with Gasteiger partial charge in [-0.1, -0.05) is 13.8 Å². The minimum absolute atomic E-state index is 0.0712. The van der Waals surface area contributed by atoms with Gasteiger partial charge in [0.2, 0.25) is 0 Å². The normalized spacial score (nSPS) is 11.6. The smallest absolute Gasteiger partial charge is 0.303 e. The van der Waals surface area contributed by atoms with Gasteiger partial charge in [0, 0.05) is 18.5 Å². The topological polar surface area (TPSA) is 62.5 Å². The summed E-state index contributed by atoms with van der Waals surface area (Å²) in [7, 11) is 0. The molecule has 0 saturated heterocycles. The summed E-state index contributed by atoms with van der Waals surface area (Å²) in [6.07, 6.45) is 5.32. The standard InChI is InChI=1S/C13H21NO3/c1-13(2,5-3-12(15)16)6-7-14-9-11-4-8-17-10-11/h4,8,10,14H,3,5-7,9H2,1-2H3,(H,15,16). The van der Waals surface area contributed by atoms with E-state index in [1.807, 2.05) is 6.07 Å². The van der Waals surface area contributed by atoms with E-state index in [0.29, 0.717) is 0 Å². The molecular formula is C13H21NO3. The third-order valence-electron chi connectivity index (χ3n) is 2.90. The zero-order chi connectivity index (χ0) is 12.7. The van der Waals surface area contributed by atoms with E-state index >= 15 is 0 Å². The van der Waals surface area contributed by atoms with E-state index in [4.69, 9.17) is 9.52 Å².